The molecule has 1 saturated carbocycles. The minimum Gasteiger partial charge on any atom is -0.493 e. The fourth-order valence-electron chi connectivity index (χ4n) is 4.88. The molecule has 0 unspecified atom stereocenters. The standard InChI is InChI=1S/C22H29NO5/c1-26-18-9-8-16-17(24)14-22(28-19(16)20(18)27-2)10-12-23(13-11-22)21(25)15-6-4-3-5-7-15/h8-9,15H,3-7,10-14H2,1-2H3. The predicted molar refractivity (Wildman–Crippen MR) is 104 cm³/mol. The number of hydrogen-bond donors (Lipinski definition) is 0. The molecule has 2 heterocycles. The van der Waals surface area contributed by atoms with Crippen LogP contribution < -0.4 is 14.2 Å². The van der Waals surface area contributed by atoms with Gasteiger partial charge in [0.25, 0.3) is 0 Å². The van der Waals surface area contributed by atoms with Crippen molar-refractivity contribution in [3.63, 3.8) is 0 Å². The molecule has 152 valence electrons. The molecule has 1 aliphatic carbocycles. The number of methoxy groups -OCH3 is 2. The number of benzene rings is 1. The molecule has 3 aliphatic rings. The van der Waals surface area contributed by atoms with Crippen molar-refractivity contribution in [3.8, 4) is 17.2 Å². The lowest BCUT2D eigenvalue weighted by Gasteiger charge is -2.45. The summed E-state index contributed by atoms with van der Waals surface area (Å²) in [5.74, 6) is 2.03. The monoisotopic (exact) mass is 387 g/mol. The van der Waals surface area contributed by atoms with Gasteiger partial charge in [-0.25, -0.2) is 0 Å². The maximum atomic E-state index is 12.9. The van der Waals surface area contributed by atoms with Crippen molar-refractivity contribution in [2.24, 2.45) is 5.92 Å². The first kappa shape index (κ1) is 19.1. The Balaban J connectivity index is 1.50. The Morgan fingerprint density at radius 2 is 1.82 bits per heavy atom. The van der Waals surface area contributed by atoms with Crippen molar-refractivity contribution in [2.75, 3.05) is 27.3 Å². The highest BCUT2D eigenvalue weighted by Crippen LogP contribution is 2.48. The Bertz CT molecular complexity index is 760. The first-order chi connectivity index (χ1) is 13.6. The van der Waals surface area contributed by atoms with E-state index < -0.39 is 5.60 Å². The number of rotatable bonds is 3. The van der Waals surface area contributed by atoms with Crippen molar-refractivity contribution < 1.29 is 23.8 Å². The average molecular weight is 387 g/mol. The Morgan fingerprint density at radius 1 is 1.11 bits per heavy atom. The smallest absolute Gasteiger partial charge is 0.225 e. The fourth-order valence-corrected chi connectivity index (χ4v) is 4.88. The molecule has 1 amide bonds. The van der Waals surface area contributed by atoms with Crippen LogP contribution in [0.2, 0.25) is 0 Å². The Morgan fingerprint density at radius 3 is 2.46 bits per heavy atom. The van der Waals surface area contributed by atoms with Crippen LogP contribution in [0.3, 0.4) is 0 Å². The number of Topliss-reactive ketones (excluding diaryl/α,β-unsaturated/α-hetero) is 1. The number of carbonyl (C=O) groups is 2. The van der Waals surface area contributed by atoms with Crippen LogP contribution in [0.25, 0.3) is 0 Å². The number of amides is 1. The van der Waals surface area contributed by atoms with Gasteiger partial charge in [0.1, 0.15) is 5.60 Å². The van der Waals surface area contributed by atoms with E-state index in [9.17, 15) is 9.59 Å². The molecule has 2 aliphatic heterocycles. The van der Waals surface area contributed by atoms with E-state index in [0.717, 1.165) is 25.7 Å². The topological polar surface area (TPSA) is 65.1 Å². The molecule has 1 aromatic rings. The first-order valence-electron chi connectivity index (χ1n) is 10.3. The summed E-state index contributed by atoms with van der Waals surface area (Å²) in [4.78, 5) is 27.7. The van der Waals surface area contributed by atoms with Crippen molar-refractivity contribution >= 4 is 11.7 Å². The highest BCUT2D eigenvalue weighted by Gasteiger charge is 2.45. The van der Waals surface area contributed by atoms with E-state index in [0.29, 0.717) is 55.2 Å². The Kier molecular flexibility index (Phi) is 5.21. The summed E-state index contributed by atoms with van der Waals surface area (Å²) < 4.78 is 17.3. The Labute approximate surface area is 166 Å². The quantitative estimate of drug-likeness (QED) is 0.793. The first-order valence-corrected chi connectivity index (χ1v) is 10.3. The molecule has 0 N–H and O–H groups in total. The molecule has 1 spiro atoms. The van der Waals surface area contributed by atoms with E-state index >= 15 is 0 Å². The number of fused-ring (bicyclic) bond motifs is 1. The van der Waals surface area contributed by atoms with Crippen LogP contribution in [-0.2, 0) is 4.79 Å². The van der Waals surface area contributed by atoms with Crippen LogP contribution in [0.1, 0.15) is 61.7 Å². The predicted octanol–water partition coefficient (Wildman–Crippen LogP) is 3.61. The van der Waals surface area contributed by atoms with E-state index in [2.05, 4.69) is 0 Å². The lowest BCUT2D eigenvalue weighted by molar-refractivity contribution is -0.140. The number of ether oxygens (including phenoxy) is 3. The summed E-state index contributed by atoms with van der Waals surface area (Å²) in [6.07, 6.45) is 7.26. The summed E-state index contributed by atoms with van der Waals surface area (Å²) in [6.45, 7) is 1.29. The van der Waals surface area contributed by atoms with Gasteiger partial charge in [0.2, 0.25) is 11.7 Å². The van der Waals surface area contributed by atoms with Gasteiger partial charge in [-0.15, -0.1) is 0 Å². The van der Waals surface area contributed by atoms with Gasteiger partial charge in [-0.3, -0.25) is 9.59 Å². The third kappa shape index (κ3) is 3.33. The van der Waals surface area contributed by atoms with Gasteiger partial charge in [0.05, 0.1) is 26.2 Å². The molecule has 0 bridgehead atoms. The molecule has 4 rings (SSSR count). The second-order valence-electron chi connectivity index (χ2n) is 8.22. The lowest BCUT2D eigenvalue weighted by Crippen LogP contribution is -2.53. The number of ketones is 1. The summed E-state index contributed by atoms with van der Waals surface area (Å²) in [6, 6.07) is 3.48. The van der Waals surface area contributed by atoms with Gasteiger partial charge in [-0.05, 0) is 25.0 Å². The Hall–Kier alpha value is -2.24. The molecule has 0 atom stereocenters. The van der Waals surface area contributed by atoms with Crippen LogP contribution in [0.4, 0.5) is 0 Å². The summed E-state index contributed by atoms with van der Waals surface area (Å²) in [5.41, 5.74) is -0.0171. The summed E-state index contributed by atoms with van der Waals surface area (Å²) in [5, 5.41) is 0. The number of likely N-dealkylation sites (tertiary alicyclic amines) is 1. The average Bonchev–Trinajstić information content (AvgIpc) is 2.73. The molecule has 1 saturated heterocycles. The molecular formula is C22H29NO5. The fraction of sp³-hybridized carbons (Fsp3) is 0.636. The molecule has 6 nitrogen and oxygen atoms in total. The second-order valence-corrected chi connectivity index (χ2v) is 8.22. The van der Waals surface area contributed by atoms with Crippen LogP contribution in [0.15, 0.2) is 12.1 Å². The third-order valence-corrected chi connectivity index (χ3v) is 6.54. The second kappa shape index (κ2) is 7.64. The number of hydrogen-bond acceptors (Lipinski definition) is 5. The van der Waals surface area contributed by atoms with E-state index in [1.165, 1.54) is 6.42 Å². The molecule has 0 radical (unpaired) electrons. The maximum Gasteiger partial charge on any atom is 0.225 e. The zero-order valence-corrected chi connectivity index (χ0v) is 16.8. The van der Waals surface area contributed by atoms with Gasteiger partial charge >= 0.3 is 0 Å². The van der Waals surface area contributed by atoms with Crippen LogP contribution >= 0.6 is 0 Å². The number of piperidine rings is 1. The zero-order valence-electron chi connectivity index (χ0n) is 16.8. The van der Waals surface area contributed by atoms with Crippen molar-refractivity contribution in [1.29, 1.82) is 0 Å². The lowest BCUT2D eigenvalue weighted by atomic mass is 9.81. The van der Waals surface area contributed by atoms with Crippen LogP contribution in [0.5, 0.6) is 17.2 Å². The molecular weight excluding hydrogens is 358 g/mol. The highest BCUT2D eigenvalue weighted by molar-refractivity contribution is 6.01. The van der Waals surface area contributed by atoms with Gasteiger partial charge in [-0.2, -0.15) is 0 Å². The SMILES string of the molecule is COc1ccc2c(c1OC)OC1(CCN(C(=O)C3CCCCC3)CC1)CC2=O. The molecule has 28 heavy (non-hydrogen) atoms. The normalized spacial score (nSPS) is 21.8. The van der Waals surface area contributed by atoms with Crippen molar-refractivity contribution in [1.82, 2.24) is 4.90 Å². The van der Waals surface area contributed by atoms with E-state index in [-0.39, 0.29) is 17.6 Å². The highest BCUT2D eigenvalue weighted by atomic mass is 16.5. The van der Waals surface area contributed by atoms with Gasteiger partial charge < -0.3 is 19.1 Å². The molecule has 6 heteroatoms. The minimum atomic E-state index is -0.562. The van der Waals surface area contributed by atoms with Crippen molar-refractivity contribution in [3.05, 3.63) is 17.7 Å². The third-order valence-electron chi connectivity index (χ3n) is 6.54. The largest absolute Gasteiger partial charge is 0.493 e. The molecule has 2 fully saturated rings. The summed E-state index contributed by atoms with van der Waals surface area (Å²) in [7, 11) is 3.12. The van der Waals surface area contributed by atoms with E-state index in [1.807, 2.05) is 4.90 Å². The van der Waals surface area contributed by atoms with Crippen molar-refractivity contribution in [2.45, 2.75) is 57.0 Å². The van der Waals surface area contributed by atoms with E-state index in [4.69, 9.17) is 14.2 Å². The number of carbonyl (C=O) groups excluding carboxylic acids is 2. The number of nitrogens with zero attached hydrogens (tertiary/aromatic N) is 1. The zero-order chi connectivity index (χ0) is 19.7. The minimum absolute atomic E-state index is 0.0641. The van der Waals surface area contributed by atoms with Gasteiger partial charge in [-0.1, -0.05) is 19.3 Å². The molecule has 0 aromatic heterocycles. The van der Waals surface area contributed by atoms with Gasteiger partial charge in [0, 0.05) is 31.8 Å². The maximum absolute atomic E-state index is 12.9. The van der Waals surface area contributed by atoms with Crippen LogP contribution in [-0.4, -0.2) is 49.5 Å². The summed E-state index contributed by atoms with van der Waals surface area (Å²) >= 11 is 0. The molecule has 1 aromatic carbocycles. The van der Waals surface area contributed by atoms with E-state index in [1.54, 1.807) is 26.4 Å². The van der Waals surface area contributed by atoms with Gasteiger partial charge in [0.15, 0.2) is 17.3 Å². The van der Waals surface area contributed by atoms with Crippen LogP contribution in [0, 0.1) is 5.92 Å².